The van der Waals surface area contributed by atoms with E-state index in [4.69, 9.17) is 0 Å². The summed E-state index contributed by atoms with van der Waals surface area (Å²) in [5.41, 5.74) is 1.69. The SMILES string of the molecule is CNC(=O)c1cccc(Nc2ncnc(N3CCC(O)(Cc4ccccc4)CC3)n2)c1. The third-order valence-corrected chi connectivity index (χ3v) is 5.52. The van der Waals surface area contributed by atoms with Gasteiger partial charge in [-0.15, -0.1) is 0 Å². The minimum Gasteiger partial charge on any atom is -0.389 e. The van der Waals surface area contributed by atoms with Crippen molar-refractivity contribution in [3.63, 3.8) is 0 Å². The molecule has 31 heavy (non-hydrogen) atoms. The second-order valence-corrected chi connectivity index (χ2v) is 7.77. The number of rotatable bonds is 6. The fraction of sp³-hybridized carbons (Fsp3) is 0.304. The lowest BCUT2D eigenvalue weighted by atomic mass is 9.85. The average Bonchev–Trinajstić information content (AvgIpc) is 2.80. The fourth-order valence-corrected chi connectivity index (χ4v) is 3.79. The molecule has 8 heteroatoms. The van der Waals surface area contributed by atoms with Crippen LogP contribution >= 0.6 is 0 Å². The smallest absolute Gasteiger partial charge is 0.251 e. The summed E-state index contributed by atoms with van der Waals surface area (Å²) in [6, 6.07) is 17.2. The van der Waals surface area contributed by atoms with Gasteiger partial charge in [-0.05, 0) is 36.6 Å². The zero-order valence-corrected chi connectivity index (χ0v) is 17.5. The molecule has 0 aliphatic carbocycles. The first-order valence-corrected chi connectivity index (χ1v) is 10.3. The van der Waals surface area contributed by atoms with Gasteiger partial charge >= 0.3 is 0 Å². The maximum absolute atomic E-state index is 11.8. The molecule has 0 unspecified atom stereocenters. The molecule has 4 rings (SSSR count). The zero-order chi connectivity index (χ0) is 21.7. The van der Waals surface area contributed by atoms with E-state index in [1.807, 2.05) is 36.4 Å². The Morgan fingerprint density at radius 1 is 1.10 bits per heavy atom. The summed E-state index contributed by atoms with van der Waals surface area (Å²) >= 11 is 0. The van der Waals surface area contributed by atoms with Crippen LogP contribution in [0.5, 0.6) is 0 Å². The molecule has 1 saturated heterocycles. The van der Waals surface area contributed by atoms with Crippen molar-refractivity contribution in [2.24, 2.45) is 0 Å². The molecule has 2 aromatic carbocycles. The normalized spacial score (nSPS) is 15.4. The van der Waals surface area contributed by atoms with Crippen LogP contribution in [0.15, 0.2) is 60.9 Å². The lowest BCUT2D eigenvalue weighted by Gasteiger charge is -2.38. The van der Waals surface area contributed by atoms with Crippen LogP contribution in [0, 0.1) is 0 Å². The lowest BCUT2D eigenvalue weighted by Crippen LogP contribution is -2.46. The molecule has 0 radical (unpaired) electrons. The average molecular weight is 419 g/mol. The van der Waals surface area contributed by atoms with Crippen molar-refractivity contribution < 1.29 is 9.90 Å². The standard InChI is InChI=1S/C23H26N6O2/c1-24-20(30)18-8-5-9-19(14-18)27-21-25-16-26-22(28-21)29-12-10-23(31,11-13-29)15-17-6-3-2-4-7-17/h2-9,14,16,31H,10-13,15H2,1H3,(H,24,30)(H,25,26,27,28). The van der Waals surface area contributed by atoms with Crippen molar-refractivity contribution in [3.8, 4) is 0 Å². The Morgan fingerprint density at radius 2 is 1.87 bits per heavy atom. The van der Waals surface area contributed by atoms with Crippen LogP contribution in [-0.4, -0.2) is 51.7 Å². The number of hydrogen-bond acceptors (Lipinski definition) is 7. The number of benzene rings is 2. The van der Waals surface area contributed by atoms with Gasteiger partial charge in [0.1, 0.15) is 6.33 Å². The van der Waals surface area contributed by atoms with Crippen LogP contribution < -0.4 is 15.5 Å². The molecule has 3 N–H and O–H groups in total. The summed E-state index contributed by atoms with van der Waals surface area (Å²) in [7, 11) is 1.60. The number of nitrogens with one attached hydrogen (secondary N) is 2. The first-order chi connectivity index (χ1) is 15.0. The highest BCUT2D eigenvalue weighted by atomic mass is 16.3. The Balaban J connectivity index is 1.41. The van der Waals surface area contributed by atoms with Gasteiger partial charge in [0.05, 0.1) is 5.60 Å². The predicted molar refractivity (Wildman–Crippen MR) is 119 cm³/mol. The van der Waals surface area contributed by atoms with Crippen LogP contribution in [0.1, 0.15) is 28.8 Å². The third-order valence-electron chi connectivity index (χ3n) is 5.52. The van der Waals surface area contributed by atoms with E-state index < -0.39 is 5.60 Å². The van der Waals surface area contributed by atoms with Gasteiger partial charge in [0.25, 0.3) is 5.91 Å². The molecule has 1 aliphatic heterocycles. The number of piperidine rings is 1. The van der Waals surface area contributed by atoms with Crippen molar-refractivity contribution in [3.05, 3.63) is 72.1 Å². The van der Waals surface area contributed by atoms with E-state index in [0.717, 1.165) is 5.56 Å². The Hall–Kier alpha value is -3.52. The van der Waals surface area contributed by atoms with E-state index in [0.29, 0.717) is 55.5 Å². The van der Waals surface area contributed by atoms with Crippen LogP contribution in [0.2, 0.25) is 0 Å². The van der Waals surface area contributed by atoms with Gasteiger partial charge in [-0.1, -0.05) is 36.4 Å². The number of amides is 1. The second-order valence-electron chi connectivity index (χ2n) is 7.77. The van der Waals surface area contributed by atoms with Gasteiger partial charge in [-0.3, -0.25) is 4.79 Å². The minimum atomic E-state index is -0.716. The van der Waals surface area contributed by atoms with E-state index in [1.165, 1.54) is 6.33 Å². The number of aliphatic hydroxyl groups is 1. The van der Waals surface area contributed by atoms with Crippen molar-refractivity contribution >= 4 is 23.5 Å². The molecule has 160 valence electrons. The molecule has 0 atom stereocenters. The molecule has 0 bridgehead atoms. The molecule has 1 fully saturated rings. The molecule has 8 nitrogen and oxygen atoms in total. The lowest BCUT2D eigenvalue weighted by molar-refractivity contribution is 0.0163. The number of nitrogens with zero attached hydrogens (tertiary/aromatic N) is 4. The Bertz CT molecular complexity index is 1040. The molecule has 0 spiro atoms. The van der Waals surface area contributed by atoms with Crippen molar-refractivity contribution in [2.75, 3.05) is 30.4 Å². The number of carbonyl (C=O) groups excluding carboxylic acids is 1. The van der Waals surface area contributed by atoms with Crippen molar-refractivity contribution in [1.29, 1.82) is 0 Å². The number of carbonyl (C=O) groups is 1. The molecule has 1 aromatic heterocycles. The van der Waals surface area contributed by atoms with Gasteiger partial charge in [0.15, 0.2) is 0 Å². The second kappa shape index (κ2) is 9.09. The van der Waals surface area contributed by atoms with Crippen molar-refractivity contribution in [1.82, 2.24) is 20.3 Å². The molecule has 1 aliphatic rings. The first kappa shape index (κ1) is 20.7. The monoisotopic (exact) mass is 418 g/mol. The summed E-state index contributed by atoms with van der Waals surface area (Å²) in [6.07, 6.45) is 3.40. The summed E-state index contributed by atoms with van der Waals surface area (Å²) in [6.45, 7) is 1.33. The molecule has 2 heterocycles. The molecular formula is C23H26N6O2. The van der Waals surface area contributed by atoms with Crippen molar-refractivity contribution in [2.45, 2.75) is 24.9 Å². The number of anilines is 3. The van der Waals surface area contributed by atoms with Crippen LogP contribution in [-0.2, 0) is 6.42 Å². The van der Waals surface area contributed by atoms with Crippen LogP contribution in [0.3, 0.4) is 0 Å². The summed E-state index contributed by atoms with van der Waals surface area (Å²) in [4.78, 5) is 26.9. The highest BCUT2D eigenvalue weighted by Crippen LogP contribution is 2.28. The quantitative estimate of drug-likeness (QED) is 0.565. The topological polar surface area (TPSA) is 103 Å². The highest BCUT2D eigenvalue weighted by molar-refractivity contribution is 5.95. The first-order valence-electron chi connectivity index (χ1n) is 10.3. The summed E-state index contributed by atoms with van der Waals surface area (Å²) < 4.78 is 0. The number of aromatic nitrogens is 3. The number of hydrogen-bond donors (Lipinski definition) is 3. The highest BCUT2D eigenvalue weighted by Gasteiger charge is 2.33. The Morgan fingerprint density at radius 3 is 2.61 bits per heavy atom. The van der Waals surface area contributed by atoms with E-state index in [1.54, 1.807) is 25.2 Å². The van der Waals surface area contributed by atoms with Gasteiger partial charge in [0, 0.05) is 37.8 Å². The molecule has 0 saturated carbocycles. The van der Waals surface area contributed by atoms with Gasteiger partial charge in [-0.25, -0.2) is 9.97 Å². The van der Waals surface area contributed by atoms with E-state index >= 15 is 0 Å². The molecular weight excluding hydrogens is 392 g/mol. The fourth-order valence-electron chi connectivity index (χ4n) is 3.79. The Labute approximate surface area is 181 Å². The van der Waals surface area contributed by atoms with Crippen LogP contribution in [0.4, 0.5) is 17.6 Å². The van der Waals surface area contributed by atoms with Gasteiger partial charge in [-0.2, -0.15) is 4.98 Å². The predicted octanol–water partition coefficient (Wildman–Crippen LogP) is 2.55. The summed E-state index contributed by atoms with van der Waals surface area (Å²) in [5, 5.41) is 16.7. The van der Waals surface area contributed by atoms with E-state index in [9.17, 15) is 9.90 Å². The maximum Gasteiger partial charge on any atom is 0.251 e. The molecule has 3 aromatic rings. The van der Waals surface area contributed by atoms with E-state index in [-0.39, 0.29) is 5.91 Å². The Kier molecular flexibility index (Phi) is 6.08. The van der Waals surface area contributed by atoms with Crippen LogP contribution in [0.25, 0.3) is 0 Å². The molecule has 1 amide bonds. The van der Waals surface area contributed by atoms with Gasteiger partial charge in [0.2, 0.25) is 11.9 Å². The van der Waals surface area contributed by atoms with E-state index in [2.05, 4.69) is 30.5 Å². The largest absolute Gasteiger partial charge is 0.389 e. The maximum atomic E-state index is 11.8. The summed E-state index contributed by atoms with van der Waals surface area (Å²) in [5.74, 6) is 0.821. The van der Waals surface area contributed by atoms with Gasteiger partial charge < -0.3 is 20.6 Å². The third kappa shape index (κ3) is 5.16. The zero-order valence-electron chi connectivity index (χ0n) is 17.5. The minimum absolute atomic E-state index is 0.156.